The first kappa shape index (κ1) is 22.9. The number of benzene rings is 2. The van der Waals surface area contributed by atoms with E-state index in [1.54, 1.807) is 11.9 Å². The molecule has 0 aliphatic carbocycles. The summed E-state index contributed by atoms with van der Waals surface area (Å²) in [5, 5.41) is 2.66. The van der Waals surface area contributed by atoms with E-state index in [1.165, 1.54) is 5.56 Å². The topological polar surface area (TPSA) is 58.6 Å². The molecule has 29 heavy (non-hydrogen) atoms. The molecule has 0 heterocycles. The van der Waals surface area contributed by atoms with Crippen molar-refractivity contribution in [1.29, 1.82) is 0 Å². The van der Waals surface area contributed by atoms with Crippen LogP contribution in [0.15, 0.2) is 53.0 Å². The van der Waals surface area contributed by atoms with Crippen LogP contribution in [0.4, 0.5) is 0 Å². The van der Waals surface area contributed by atoms with Crippen molar-refractivity contribution in [2.24, 2.45) is 0 Å². The number of likely N-dealkylation sites (N-methyl/N-ethyl adjacent to an activating group) is 1. The second kappa shape index (κ2) is 11.6. The Bertz CT molecular complexity index is 811. The van der Waals surface area contributed by atoms with E-state index in [2.05, 4.69) is 28.2 Å². The number of nitrogens with zero attached hydrogens (tertiary/aromatic N) is 1. The van der Waals surface area contributed by atoms with Crippen molar-refractivity contribution in [1.82, 2.24) is 10.2 Å². The van der Waals surface area contributed by atoms with E-state index in [-0.39, 0.29) is 18.4 Å². The van der Waals surface area contributed by atoms with Crippen molar-refractivity contribution in [3.05, 3.63) is 64.1 Å². The summed E-state index contributed by atoms with van der Waals surface area (Å²) in [6.07, 6.45) is 2.14. The second-order valence-corrected chi connectivity index (χ2v) is 7.62. The summed E-state index contributed by atoms with van der Waals surface area (Å²) in [6.45, 7) is 4.32. The van der Waals surface area contributed by atoms with Crippen LogP contribution in [0, 0.1) is 0 Å². The summed E-state index contributed by atoms with van der Waals surface area (Å²) < 4.78 is 6.59. The number of ether oxygens (including phenoxy) is 1. The van der Waals surface area contributed by atoms with Gasteiger partial charge in [-0.2, -0.15) is 0 Å². The number of carbonyl (C=O) groups is 2. The Balaban J connectivity index is 2.11. The van der Waals surface area contributed by atoms with Gasteiger partial charge in [-0.05, 0) is 58.5 Å². The fourth-order valence-corrected chi connectivity index (χ4v) is 3.71. The quantitative estimate of drug-likeness (QED) is 0.582. The molecule has 0 aromatic heterocycles. The molecule has 0 bridgehead atoms. The van der Waals surface area contributed by atoms with Crippen molar-refractivity contribution in [3.63, 3.8) is 0 Å². The molecule has 0 radical (unpaired) electrons. The second-order valence-electron chi connectivity index (χ2n) is 6.77. The number of aryl methyl sites for hydroxylation is 1. The van der Waals surface area contributed by atoms with Gasteiger partial charge in [0.25, 0.3) is 5.91 Å². The largest absolute Gasteiger partial charge is 0.483 e. The summed E-state index contributed by atoms with van der Waals surface area (Å²) in [5.74, 6) is 0.247. The number of hydrogen-bond donors (Lipinski definition) is 1. The van der Waals surface area contributed by atoms with E-state index in [0.29, 0.717) is 25.1 Å². The van der Waals surface area contributed by atoms with Gasteiger partial charge in [0.05, 0.1) is 4.47 Å². The molecule has 156 valence electrons. The number of nitrogens with one attached hydrogen (secondary N) is 1. The normalized spacial score (nSPS) is 11.6. The molecule has 0 spiro atoms. The SMILES string of the molecule is CCc1ccc(OCC(=O)N(CCc2ccccc2)[C@@H](CC)C(=O)NC)c(Br)c1. The van der Waals surface area contributed by atoms with Gasteiger partial charge >= 0.3 is 0 Å². The van der Waals surface area contributed by atoms with Gasteiger partial charge in [-0.15, -0.1) is 0 Å². The van der Waals surface area contributed by atoms with Crippen LogP contribution < -0.4 is 10.1 Å². The fourth-order valence-electron chi connectivity index (χ4n) is 3.17. The predicted octanol–water partition coefficient (Wildman–Crippen LogP) is 3.99. The van der Waals surface area contributed by atoms with Gasteiger partial charge in [-0.3, -0.25) is 9.59 Å². The van der Waals surface area contributed by atoms with Crippen LogP contribution in [-0.4, -0.2) is 43.0 Å². The van der Waals surface area contributed by atoms with Crippen LogP contribution in [0.25, 0.3) is 0 Å². The van der Waals surface area contributed by atoms with E-state index in [4.69, 9.17) is 4.74 Å². The minimum absolute atomic E-state index is 0.119. The lowest BCUT2D eigenvalue weighted by molar-refractivity contribution is -0.142. The lowest BCUT2D eigenvalue weighted by atomic mass is 10.1. The van der Waals surface area contributed by atoms with Crippen molar-refractivity contribution < 1.29 is 14.3 Å². The van der Waals surface area contributed by atoms with E-state index in [0.717, 1.165) is 16.5 Å². The number of hydrogen-bond acceptors (Lipinski definition) is 3. The third-order valence-corrected chi connectivity index (χ3v) is 5.49. The molecular formula is C23H29BrN2O3. The third kappa shape index (κ3) is 6.60. The van der Waals surface area contributed by atoms with E-state index >= 15 is 0 Å². The summed E-state index contributed by atoms with van der Waals surface area (Å²) in [4.78, 5) is 27.0. The third-order valence-electron chi connectivity index (χ3n) is 4.87. The zero-order chi connectivity index (χ0) is 21.2. The lowest BCUT2D eigenvalue weighted by Gasteiger charge is -2.30. The highest BCUT2D eigenvalue weighted by Crippen LogP contribution is 2.26. The molecule has 0 aliphatic heterocycles. The monoisotopic (exact) mass is 460 g/mol. The van der Waals surface area contributed by atoms with Gasteiger partial charge in [-0.1, -0.05) is 50.2 Å². The van der Waals surface area contributed by atoms with Crippen LogP contribution in [0.5, 0.6) is 5.75 Å². The molecule has 0 saturated carbocycles. The molecular weight excluding hydrogens is 432 g/mol. The van der Waals surface area contributed by atoms with Crippen LogP contribution in [0.2, 0.25) is 0 Å². The van der Waals surface area contributed by atoms with Crippen LogP contribution in [0.3, 0.4) is 0 Å². The molecule has 0 unspecified atom stereocenters. The molecule has 2 rings (SSSR count). The Morgan fingerprint density at radius 2 is 1.83 bits per heavy atom. The Morgan fingerprint density at radius 1 is 1.10 bits per heavy atom. The number of halogens is 1. The van der Waals surface area contributed by atoms with Crippen LogP contribution >= 0.6 is 15.9 Å². The molecule has 0 aliphatic rings. The molecule has 1 N–H and O–H groups in total. The van der Waals surface area contributed by atoms with E-state index in [9.17, 15) is 9.59 Å². The first-order valence-electron chi connectivity index (χ1n) is 9.96. The minimum atomic E-state index is -0.522. The number of rotatable bonds is 10. The standard InChI is InChI=1S/C23H29BrN2O3/c1-4-17-11-12-21(19(24)15-17)29-16-22(27)26(20(5-2)23(28)25-3)14-13-18-9-7-6-8-10-18/h6-12,15,20H,4-5,13-14,16H2,1-3H3,(H,25,28)/t20-/m0/s1. The Labute approximate surface area is 181 Å². The highest BCUT2D eigenvalue weighted by atomic mass is 79.9. The molecule has 2 amide bonds. The smallest absolute Gasteiger partial charge is 0.261 e. The molecule has 6 heteroatoms. The maximum absolute atomic E-state index is 13.0. The van der Waals surface area contributed by atoms with E-state index in [1.807, 2.05) is 55.5 Å². The maximum Gasteiger partial charge on any atom is 0.261 e. The first-order chi connectivity index (χ1) is 14.0. The summed E-state index contributed by atoms with van der Waals surface area (Å²) >= 11 is 3.50. The van der Waals surface area contributed by atoms with Crippen LogP contribution in [-0.2, 0) is 22.4 Å². The molecule has 2 aromatic rings. The van der Waals surface area contributed by atoms with Gasteiger partial charge in [0.2, 0.25) is 5.91 Å². The van der Waals surface area contributed by atoms with Gasteiger partial charge < -0.3 is 15.0 Å². The average Bonchev–Trinajstić information content (AvgIpc) is 2.75. The average molecular weight is 461 g/mol. The fraction of sp³-hybridized carbons (Fsp3) is 0.391. The Morgan fingerprint density at radius 3 is 2.41 bits per heavy atom. The highest BCUT2D eigenvalue weighted by Gasteiger charge is 2.28. The van der Waals surface area contributed by atoms with Crippen molar-refractivity contribution >= 4 is 27.7 Å². The van der Waals surface area contributed by atoms with Crippen molar-refractivity contribution in [3.8, 4) is 5.75 Å². The van der Waals surface area contributed by atoms with Gasteiger partial charge in [0, 0.05) is 13.6 Å². The molecule has 5 nitrogen and oxygen atoms in total. The zero-order valence-corrected chi connectivity index (χ0v) is 18.9. The lowest BCUT2D eigenvalue weighted by Crippen LogP contribution is -2.50. The van der Waals surface area contributed by atoms with Gasteiger partial charge in [0.1, 0.15) is 11.8 Å². The van der Waals surface area contributed by atoms with Crippen molar-refractivity contribution in [2.45, 2.75) is 39.2 Å². The van der Waals surface area contributed by atoms with Gasteiger partial charge in [0.15, 0.2) is 6.61 Å². The summed E-state index contributed by atoms with van der Waals surface area (Å²) in [7, 11) is 1.59. The number of amides is 2. The van der Waals surface area contributed by atoms with Crippen LogP contribution in [0.1, 0.15) is 31.4 Å². The Hall–Kier alpha value is -2.34. The minimum Gasteiger partial charge on any atom is -0.483 e. The molecule has 1 atom stereocenters. The molecule has 0 saturated heterocycles. The summed E-state index contributed by atoms with van der Waals surface area (Å²) in [5.41, 5.74) is 2.31. The first-order valence-corrected chi connectivity index (χ1v) is 10.8. The maximum atomic E-state index is 13.0. The molecule has 0 fully saturated rings. The predicted molar refractivity (Wildman–Crippen MR) is 119 cm³/mol. The summed E-state index contributed by atoms with van der Waals surface area (Å²) in [6, 6.07) is 15.3. The number of carbonyl (C=O) groups excluding carboxylic acids is 2. The van der Waals surface area contributed by atoms with E-state index < -0.39 is 6.04 Å². The molecule has 2 aromatic carbocycles. The van der Waals surface area contributed by atoms with Gasteiger partial charge in [-0.25, -0.2) is 0 Å². The van der Waals surface area contributed by atoms with Crippen molar-refractivity contribution in [2.75, 3.05) is 20.2 Å². The Kier molecular flexibility index (Phi) is 9.19. The highest BCUT2D eigenvalue weighted by molar-refractivity contribution is 9.10. The zero-order valence-electron chi connectivity index (χ0n) is 17.3.